The lowest BCUT2D eigenvalue weighted by Gasteiger charge is -2.11. The van der Waals surface area contributed by atoms with Crippen molar-refractivity contribution < 1.29 is 26.9 Å². The van der Waals surface area contributed by atoms with Crippen molar-refractivity contribution >= 4 is 5.69 Å². The Bertz CT molecular complexity index is 535. The van der Waals surface area contributed by atoms with Gasteiger partial charge in [0.15, 0.2) is 5.69 Å². The molecular weight excluding hydrogens is 265 g/mol. The average Bonchev–Trinajstić information content (AvgIpc) is 2.25. The van der Waals surface area contributed by atoms with Crippen LogP contribution in [0.2, 0.25) is 0 Å². The van der Waals surface area contributed by atoms with E-state index in [-0.39, 0.29) is 6.07 Å². The van der Waals surface area contributed by atoms with Gasteiger partial charge in [-0.2, -0.15) is 18.4 Å². The number of nitro groups is 1. The summed E-state index contributed by atoms with van der Waals surface area (Å²) in [6.07, 6.45) is -8.83. The van der Waals surface area contributed by atoms with Gasteiger partial charge in [0.2, 0.25) is 5.69 Å². The Morgan fingerprint density at radius 3 is 2.33 bits per heavy atom. The first kappa shape index (κ1) is 13.8. The van der Waals surface area contributed by atoms with Crippen molar-refractivity contribution in [3.8, 4) is 6.07 Å². The molecule has 1 rings (SSSR count). The molecule has 0 spiro atoms. The van der Waals surface area contributed by atoms with Crippen LogP contribution in [0, 0.1) is 21.4 Å². The second-order valence-corrected chi connectivity index (χ2v) is 2.96. The van der Waals surface area contributed by atoms with Crippen molar-refractivity contribution in [1.29, 1.82) is 5.26 Å². The summed E-state index contributed by atoms with van der Waals surface area (Å²) < 4.78 is 61.9. The molecule has 0 aliphatic heterocycles. The van der Waals surface area contributed by atoms with E-state index in [0.29, 0.717) is 0 Å². The Labute approximate surface area is 95.6 Å². The zero-order chi connectivity index (χ0) is 14.1. The van der Waals surface area contributed by atoms with Gasteiger partial charge >= 0.3 is 11.9 Å². The normalized spacial score (nSPS) is 11.4. The maximum atomic E-state index is 12.4. The molecule has 5 nitrogen and oxygen atoms in total. The minimum Gasteiger partial charge on any atom is -0.258 e. The van der Waals surface area contributed by atoms with Crippen LogP contribution in [0.1, 0.15) is 23.4 Å². The van der Waals surface area contributed by atoms with Gasteiger partial charge in [-0.1, -0.05) is 0 Å². The molecule has 0 bridgehead atoms. The molecule has 0 saturated carbocycles. The fourth-order valence-electron chi connectivity index (χ4n) is 1.13. The van der Waals surface area contributed by atoms with Crippen molar-refractivity contribution in [3.63, 3.8) is 0 Å². The van der Waals surface area contributed by atoms with Gasteiger partial charge < -0.3 is 0 Å². The van der Waals surface area contributed by atoms with Gasteiger partial charge in [-0.15, -0.1) is 0 Å². The molecule has 0 aliphatic rings. The molecule has 1 aromatic heterocycles. The maximum Gasteiger partial charge on any atom is 0.433 e. The minimum absolute atomic E-state index is 0.0129. The van der Waals surface area contributed by atoms with E-state index in [4.69, 9.17) is 5.26 Å². The standard InChI is InChI=1S/C8H2F5N3O2/c9-7(10)3-1-5(16(17)18)4(2-14)15-6(3)8(11,12)13/h1,7H. The number of pyridine rings is 1. The van der Waals surface area contributed by atoms with E-state index in [0.717, 1.165) is 6.07 Å². The fraction of sp³-hybridized carbons (Fsp3) is 0.250. The summed E-state index contributed by atoms with van der Waals surface area (Å²) in [6, 6.07) is 1.07. The van der Waals surface area contributed by atoms with Crippen LogP contribution in [0.4, 0.5) is 27.6 Å². The van der Waals surface area contributed by atoms with E-state index in [9.17, 15) is 32.1 Å². The summed E-state index contributed by atoms with van der Waals surface area (Å²) in [7, 11) is 0. The Kier molecular flexibility index (Phi) is 3.45. The zero-order valence-corrected chi connectivity index (χ0v) is 8.20. The van der Waals surface area contributed by atoms with E-state index >= 15 is 0 Å². The topological polar surface area (TPSA) is 79.8 Å². The first-order chi connectivity index (χ1) is 8.18. The highest BCUT2D eigenvalue weighted by molar-refractivity contribution is 5.48. The number of aromatic nitrogens is 1. The lowest BCUT2D eigenvalue weighted by Crippen LogP contribution is -2.14. The third kappa shape index (κ3) is 2.50. The van der Waals surface area contributed by atoms with Crippen LogP contribution < -0.4 is 0 Å². The van der Waals surface area contributed by atoms with Crippen LogP contribution in [0.3, 0.4) is 0 Å². The van der Waals surface area contributed by atoms with Crippen LogP contribution in [0.5, 0.6) is 0 Å². The summed E-state index contributed by atoms with van der Waals surface area (Å²) in [4.78, 5) is 11.7. The van der Waals surface area contributed by atoms with Gasteiger partial charge in [-0.3, -0.25) is 10.1 Å². The van der Waals surface area contributed by atoms with Crippen LogP contribution >= 0.6 is 0 Å². The second-order valence-electron chi connectivity index (χ2n) is 2.96. The van der Waals surface area contributed by atoms with E-state index in [1.807, 2.05) is 0 Å². The smallest absolute Gasteiger partial charge is 0.258 e. The second kappa shape index (κ2) is 4.52. The molecule has 96 valence electrons. The summed E-state index contributed by atoms with van der Waals surface area (Å²) >= 11 is 0. The molecule has 1 aromatic rings. The molecule has 0 aromatic carbocycles. The highest BCUT2D eigenvalue weighted by Gasteiger charge is 2.40. The number of hydrogen-bond donors (Lipinski definition) is 0. The van der Waals surface area contributed by atoms with Gasteiger partial charge in [0.05, 0.1) is 10.5 Å². The van der Waals surface area contributed by atoms with E-state index in [2.05, 4.69) is 4.98 Å². The van der Waals surface area contributed by atoms with Crippen LogP contribution in [0.15, 0.2) is 6.07 Å². The van der Waals surface area contributed by atoms with Crippen molar-refractivity contribution in [1.82, 2.24) is 4.98 Å². The third-order valence-corrected chi connectivity index (χ3v) is 1.84. The zero-order valence-electron chi connectivity index (χ0n) is 8.20. The largest absolute Gasteiger partial charge is 0.433 e. The predicted octanol–water partition coefficient (Wildman–Crippen LogP) is 2.82. The first-order valence-corrected chi connectivity index (χ1v) is 4.13. The summed E-state index contributed by atoms with van der Waals surface area (Å²) in [5, 5.41) is 18.8. The molecular formula is C8H2F5N3O2. The molecule has 0 N–H and O–H groups in total. The van der Waals surface area contributed by atoms with Crippen molar-refractivity contribution in [2.75, 3.05) is 0 Å². The average molecular weight is 267 g/mol. The van der Waals surface area contributed by atoms with Gasteiger partial charge in [0, 0.05) is 6.07 Å². The minimum atomic E-state index is -5.23. The number of nitrogens with zero attached hydrogens (tertiary/aromatic N) is 3. The number of rotatable bonds is 2. The van der Waals surface area contributed by atoms with Gasteiger partial charge in [-0.25, -0.2) is 13.8 Å². The van der Waals surface area contributed by atoms with Crippen LogP contribution in [-0.4, -0.2) is 9.91 Å². The molecule has 0 fully saturated rings. The fourth-order valence-corrected chi connectivity index (χ4v) is 1.13. The summed E-state index contributed by atoms with van der Waals surface area (Å²) in [5.41, 5.74) is -6.00. The molecule has 0 saturated heterocycles. The van der Waals surface area contributed by atoms with E-state index in [1.54, 1.807) is 0 Å². The third-order valence-electron chi connectivity index (χ3n) is 1.84. The monoisotopic (exact) mass is 267 g/mol. The Balaban J connectivity index is 3.64. The molecule has 0 amide bonds. The number of hydrogen-bond acceptors (Lipinski definition) is 4. The molecule has 0 radical (unpaired) electrons. The van der Waals surface area contributed by atoms with E-state index in [1.165, 1.54) is 0 Å². The van der Waals surface area contributed by atoms with Crippen LogP contribution in [-0.2, 0) is 6.18 Å². The van der Waals surface area contributed by atoms with Crippen molar-refractivity contribution in [2.45, 2.75) is 12.6 Å². The molecule has 0 aliphatic carbocycles. The maximum absolute atomic E-state index is 12.4. The predicted molar refractivity (Wildman–Crippen MR) is 45.6 cm³/mol. The lowest BCUT2D eigenvalue weighted by atomic mass is 10.1. The SMILES string of the molecule is N#Cc1nc(C(F)(F)F)c(C(F)F)cc1[N+](=O)[O-]. The van der Waals surface area contributed by atoms with Crippen LogP contribution in [0.25, 0.3) is 0 Å². The molecule has 0 unspecified atom stereocenters. The molecule has 10 heteroatoms. The summed E-state index contributed by atoms with van der Waals surface area (Å²) in [5.74, 6) is 0. The number of halogens is 5. The number of alkyl halides is 5. The summed E-state index contributed by atoms with van der Waals surface area (Å²) in [6.45, 7) is 0. The Morgan fingerprint density at radius 1 is 1.44 bits per heavy atom. The van der Waals surface area contributed by atoms with Crippen molar-refractivity contribution in [2.24, 2.45) is 0 Å². The Hall–Kier alpha value is -2.31. The lowest BCUT2D eigenvalue weighted by molar-refractivity contribution is -0.385. The molecule has 18 heavy (non-hydrogen) atoms. The van der Waals surface area contributed by atoms with E-state index < -0.39 is 40.2 Å². The highest BCUT2D eigenvalue weighted by atomic mass is 19.4. The van der Waals surface area contributed by atoms with Gasteiger partial charge in [-0.05, 0) is 0 Å². The van der Waals surface area contributed by atoms with Gasteiger partial charge in [0.1, 0.15) is 6.07 Å². The number of nitriles is 1. The molecule has 0 atom stereocenters. The van der Waals surface area contributed by atoms with Crippen molar-refractivity contribution in [3.05, 3.63) is 33.1 Å². The Morgan fingerprint density at radius 2 is 2.00 bits per heavy atom. The highest BCUT2D eigenvalue weighted by Crippen LogP contribution is 2.37. The van der Waals surface area contributed by atoms with Gasteiger partial charge in [0.25, 0.3) is 6.43 Å². The first-order valence-electron chi connectivity index (χ1n) is 4.13. The molecule has 1 heterocycles. The quantitative estimate of drug-likeness (QED) is 0.468.